The van der Waals surface area contributed by atoms with Gasteiger partial charge in [-0.3, -0.25) is 4.79 Å². The first-order chi connectivity index (χ1) is 12.0. The first-order valence-corrected chi connectivity index (χ1v) is 8.78. The van der Waals surface area contributed by atoms with E-state index >= 15 is 0 Å². The Morgan fingerprint density at radius 2 is 1.92 bits per heavy atom. The number of hydrogen-bond acceptors (Lipinski definition) is 2. The van der Waals surface area contributed by atoms with Crippen LogP contribution in [0.1, 0.15) is 48.2 Å². The minimum atomic E-state index is -1.18. The topological polar surface area (TPSA) is 82.2 Å². The highest BCUT2D eigenvalue weighted by molar-refractivity contribution is 6.39. The molecule has 0 atom stereocenters. The van der Waals surface area contributed by atoms with Crippen LogP contribution in [0, 0.1) is 11.8 Å². The number of carboxylic acid groups (broad SMARTS) is 1. The normalized spacial score (nSPS) is 14.8. The monoisotopic (exact) mass is 378 g/mol. The number of aromatic nitrogens is 1. The molecule has 0 bridgehead atoms. The number of aromatic carboxylic acids is 1. The number of carboxylic acids is 1. The van der Waals surface area contributed by atoms with Gasteiger partial charge >= 0.3 is 5.97 Å². The first-order valence-electron chi connectivity index (χ1n) is 8.02. The summed E-state index contributed by atoms with van der Waals surface area (Å²) in [6.07, 6.45) is 5.29. The van der Waals surface area contributed by atoms with Crippen molar-refractivity contribution in [3.63, 3.8) is 0 Å². The van der Waals surface area contributed by atoms with Crippen LogP contribution in [0.2, 0.25) is 10.0 Å². The molecule has 1 saturated carbocycles. The van der Waals surface area contributed by atoms with Crippen molar-refractivity contribution in [2.75, 3.05) is 0 Å². The van der Waals surface area contributed by atoms with Crippen LogP contribution >= 0.6 is 23.2 Å². The molecular formula is C18H16Cl2N2O3. The van der Waals surface area contributed by atoms with E-state index in [1.54, 1.807) is 6.07 Å². The Morgan fingerprint density at radius 1 is 1.20 bits per heavy atom. The summed E-state index contributed by atoms with van der Waals surface area (Å²) in [5.74, 6) is 3.56. The zero-order chi connectivity index (χ0) is 18.0. The van der Waals surface area contributed by atoms with E-state index in [9.17, 15) is 14.7 Å². The summed E-state index contributed by atoms with van der Waals surface area (Å²) in [5, 5.41) is 13.4. The number of amides is 1. The van der Waals surface area contributed by atoms with Crippen LogP contribution < -0.4 is 5.32 Å². The molecule has 0 saturated heterocycles. The molecule has 0 aliphatic heterocycles. The predicted octanol–water partition coefficient (Wildman–Crippen LogP) is 3.97. The Morgan fingerprint density at radius 3 is 2.60 bits per heavy atom. The van der Waals surface area contributed by atoms with E-state index < -0.39 is 11.9 Å². The van der Waals surface area contributed by atoms with Crippen LogP contribution in [-0.4, -0.2) is 28.0 Å². The average molecular weight is 379 g/mol. The highest BCUT2D eigenvalue weighted by Gasteiger charge is 2.19. The van der Waals surface area contributed by atoms with E-state index in [-0.39, 0.29) is 22.3 Å². The second-order valence-electron chi connectivity index (χ2n) is 6.05. The molecule has 3 N–H and O–H groups in total. The van der Waals surface area contributed by atoms with Gasteiger partial charge in [-0.25, -0.2) is 4.79 Å². The second-order valence-corrected chi connectivity index (χ2v) is 6.89. The van der Waals surface area contributed by atoms with Gasteiger partial charge in [0.2, 0.25) is 0 Å². The van der Waals surface area contributed by atoms with Gasteiger partial charge in [0.25, 0.3) is 5.91 Å². The van der Waals surface area contributed by atoms with E-state index in [2.05, 4.69) is 22.1 Å². The van der Waals surface area contributed by atoms with Gasteiger partial charge in [0.1, 0.15) is 5.69 Å². The summed E-state index contributed by atoms with van der Waals surface area (Å²) in [6.45, 7) is 0. The lowest BCUT2D eigenvalue weighted by Gasteiger charge is -2.21. The number of carbonyl (C=O) groups excluding carboxylic acids is 1. The number of H-pyrrole nitrogens is 1. The highest BCUT2D eigenvalue weighted by Crippen LogP contribution is 2.32. The van der Waals surface area contributed by atoms with E-state index in [1.807, 2.05) is 0 Å². The molecule has 0 unspecified atom stereocenters. The Bertz CT molecular complexity index is 902. The third-order valence-electron chi connectivity index (χ3n) is 4.27. The molecule has 25 heavy (non-hydrogen) atoms. The zero-order valence-corrected chi connectivity index (χ0v) is 14.8. The molecule has 0 spiro atoms. The maximum absolute atomic E-state index is 12.1. The third kappa shape index (κ3) is 3.92. The van der Waals surface area contributed by atoms with Crippen molar-refractivity contribution >= 4 is 46.0 Å². The number of carbonyl (C=O) groups is 2. The van der Waals surface area contributed by atoms with Gasteiger partial charge in [-0.05, 0) is 25.0 Å². The van der Waals surface area contributed by atoms with Crippen LogP contribution in [-0.2, 0) is 4.79 Å². The number of fused-ring (bicyclic) bond motifs is 1. The molecule has 2 aromatic rings. The molecule has 5 nitrogen and oxygen atoms in total. The standard InChI is InChI=1S/C18H16Cl2N2O3/c19-10-8-13(20)16-12(17(18(24)25)22-14(16)9-10)6-7-15(23)21-11-4-2-1-3-5-11/h8-9,11,22H,1-5H2,(H,21,23)(H,24,25). The fourth-order valence-electron chi connectivity index (χ4n) is 3.12. The molecule has 0 radical (unpaired) electrons. The Hall–Kier alpha value is -2.16. The Kier molecular flexibility index (Phi) is 5.22. The quantitative estimate of drug-likeness (QED) is 0.691. The maximum atomic E-state index is 12.1. The highest BCUT2D eigenvalue weighted by atomic mass is 35.5. The molecule has 7 heteroatoms. The summed E-state index contributed by atoms with van der Waals surface area (Å²) >= 11 is 12.1. The first kappa shape index (κ1) is 17.7. The summed E-state index contributed by atoms with van der Waals surface area (Å²) in [6, 6.07) is 3.22. The molecule has 1 aliphatic rings. The molecule has 130 valence electrons. The van der Waals surface area contributed by atoms with Gasteiger partial charge in [-0.1, -0.05) is 48.4 Å². The number of aromatic amines is 1. The fourth-order valence-corrected chi connectivity index (χ4v) is 3.71. The van der Waals surface area contributed by atoms with Crippen LogP contribution in [0.15, 0.2) is 12.1 Å². The van der Waals surface area contributed by atoms with Gasteiger partial charge in [0, 0.05) is 22.4 Å². The van der Waals surface area contributed by atoms with Crippen molar-refractivity contribution in [3.8, 4) is 11.8 Å². The summed E-state index contributed by atoms with van der Waals surface area (Å²) in [4.78, 5) is 26.3. The van der Waals surface area contributed by atoms with Crippen molar-refractivity contribution in [2.24, 2.45) is 0 Å². The molecular weight excluding hydrogens is 363 g/mol. The van der Waals surface area contributed by atoms with Crippen LogP contribution in [0.25, 0.3) is 10.9 Å². The molecule has 1 amide bonds. The lowest BCUT2D eigenvalue weighted by molar-refractivity contribution is -0.116. The SMILES string of the molecule is O=C(C#Cc1c(C(=O)O)[nH]c2cc(Cl)cc(Cl)c12)NC1CCCCC1. The van der Waals surface area contributed by atoms with E-state index in [0.29, 0.717) is 15.9 Å². The van der Waals surface area contributed by atoms with Crippen LogP contribution in [0.5, 0.6) is 0 Å². The molecule has 1 aromatic carbocycles. The number of hydrogen-bond donors (Lipinski definition) is 3. The molecule has 1 aromatic heterocycles. The van der Waals surface area contributed by atoms with Crippen molar-refractivity contribution in [2.45, 2.75) is 38.1 Å². The zero-order valence-electron chi connectivity index (χ0n) is 13.3. The summed E-state index contributed by atoms with van der Waals surface area (Å²) in [7, 11) is 0. The lowest BCUT2D eigenvalue weighted by Crippen LogP contribution is -2.35. The third-order valence-corrected chi connectivity index (χ3v) is 4.79. The Balaban J connectivity index is 1.94. The van der Waals surface area contributed by atoms with Gasteiger partial charge in [0.05, 0.1) is 16.1 Å². The molecule has 3 rings (SSSR count). The van der Waals surface area contributed by atoms with Gasteiger partial charge in [-0.2, -0.15) is 0 Å². The fraction of sp³-hybridized carbons (Fsp3) is 0.333. The predicted molar refractivity (Wildman–Crippen MR) is 97.2 cm³/mol. The summed E-state index contributed by atoms with van der Waals surface area (Å²) < 4.78 is 0. The Labute approximate surface area is 154 Å². The van der Waals surface area contributed by atoms with E-state index in [0.717, 1.165) is 25.7 Å². The van der Waals surface area contributed by atoms with Gasteiger partial charge < -0.3 is 15.4 Å². The largest absolute Gasteiger partial charge is 0.477 e. The summed E-state index contributed by atoms with van der Waals surface area (Å²) in [5.41, 5.74) is 0.534. The van der Waals surface area contributed by atoms with Crippen molar-refractivity contribution in [1.82, 2.24) is 10.3 Å². The molecule has 1 heterocycles. The average Bonchev–Trinajstić information content (AvgIpc) is 2.93. The second kappa shape index (κ2) is 7.38. The van der Waals surface area contributed by atoms with Gasteiger partial charge in [-0.15, -0.1) is 0 Å². The van der Waals surface area contributed by atoms with E-state index in [4.69, 9.17) is 23.2 Å². The van der Waals surface area contributed by atoms with Crippen molar-refractivity contribution in [1.29, 1.82) is 0 Å². The minimum Gasteiger partial charge on any atom is -0.477 e. The number of nitrogens with one attached hydrogen (secondary N) is 2. The smallest absolute Gasteiger partial charge is 0.353 e. The lowest BCUT2D eigenvalue weighted by atomic mass is 9.95. The van der Waals surface area contributed by atoms with Gasteiger partial charge in [0.15, 0.2) is 0 Å². The van der Waals surface area contributed by atoms with E-state index in [1.165, 1.54) is 12.5 Å². The number of halogens is 2. The molecule has 1 fully saturated rings. The molecule has 1 aliphatic carbocycles. The minimum absolute atomic E-state index is 0.114. The number of rotatable bonds is 2. The van der Waals surface area contributed by atoms with Crippen LogP contribution in [0.3, 0.4) is 0 Å². The van der Waals surface area contributed by atoms with Crippen molar-refractivity contribution in [3.05, 3.63) is 33.4 Å². The van der Waals surface area contributed by atoms with Crippen LogP contribution in [0.4, 0.5) is 0 Å². The number of benzene rings is 1. The van der Waals surface area contributed by atoms with Crippen molar-refractivity contribution < 1.29 is 14.7 Å². The maximum Gasteiger partial charge on any atom is 0.353 e.